The first-order chi connectivity index (χ1) is 5.54. The molecule has 0 aromatic carbocycles. The fourth-order valence-corrected chi connectivity index (χ4v) is 3.11. The maximum atomic E-state index is 11.3. The second-order valence-electron chi connectivity index (χ2n) is 3.69. The van der Waals surface area contributed by atoms with Gasteiger partial charge in [-0.3, -0.25) is 0 Å². The number of aliphatic hydroxyl groups is 1. The predicted molar refractivity (Wildman–Crippen MR) is 47.7 cm³/mol. The zero-order valence-electron chi connectivity index (χ0n) is 7.41. The van der Waals surface area contributed by atoms with Crippen LogP contribution in [-0.4, -0.2) is 31.6 Å². The van der Waals surface area contributed by atoms with Gasteiger partial charge >= 0.3 is 0 Å². The molecule has 0 aromatic heterocycles. The number of rotatable bonds is 4. The molecule has 0 amide bonds. The van der Waals surface area contributed by atoms with E-state index < -0.39 is 9.84 Å². The summed E-state index contributed by atoms with van der Waals surface area (Å²) < 4.78 is 22.5. The van der Waals surface area contributed by atoms with Crippen LogP contribution in [0, 0.1) is 5.41 Å². The highest BCUT2D eigenvalue weighted by Crippen LogP contribution is 2.41. The Morgan fingerprint density at radius 1 is 1.42 bits per heavy atom. The lowest BCUT2D eigenvalue weighted by molar-refractivity contribution is 0.0667. The average molecular weight is 192 g/mol. The van der Waals surface area contributed by atoms with E-state index in [9.17, 15) is 8.42 Å². The van der Waals surface area contributed by atoms with Crippen LogP contribution in [0.3, 0.4) is 0 Å². The molecule has 1 saturated carbocycles. The van der Waals surface area contributed by atoms with Crippen LogP contribution in [-0.2, 0) is 9.84 Å². The molecule has 0 aromatic rings. The van der Waals surface area contributed by atoms with Gasteiger partial charge in [0.15, 0.2) is 9.84 Å². The maximum Gasteiger partial charge on any atom is 0.150 e. The molecule has 1 aliphatic carbocycles. The maximum absolute atomic E-state index is 11.3. The third kappa shape index (κ3) is 1.98. The van der Waals surface area contributed by atoms with Gasteiger partial charge in [0.2, 0.25) is 0 Å². The van der Waals surface area contributed by atoms with Crippen molar-refractivity contribution in [3.8, 4) is 0 Å². The number of sulfone groups is 1. The summed E-state index contributed by atoms with van der Waals surface area (Å²) in [4.78, 5) is 0. The second-order valence-corrected chi connectivity index (χ2v) is 6.04. The van der Waals surface area contributed by atoms with Crippen LogP contribution in [0.1, 0.15) is 26.2 Å². The standard InChI is InChI=1S/C8H16O3S/c1-2-12(10,11)7-8(6-9)4-3-5-8/h9H,2-7H2,1H3. The molecule has 1 fully saturated rings. The van der Waals surface area contributed by atoms with E-state index in [2.05, 4.69) is 0 Å². The zero-order chi connectivity index (χ0) is 9.24. The summed E-state index contributed by atoms with van der Waals surface area (Å²) in [5.41, 5.74) is -0.283. The van der Waals surface area contributed by atoms with E-state index in [0.717, 1.165) is 19.3 Å². The van der Waals surface area contributed by atoms with Gasteiger partial charge in [0.05, 0.1) is 5.75 Å². The van der Waals surface area contributed by atoms with Gasteiger partial charge in [-0.25, -0.2) is 8.42 Å². The van der Waals surface area contributed by atoms with Crippen molar-refractivity contribution in [3.63, 3.8) is 0 Å². The van der Waals surface area contributed by atoms with Gasteiger partial charge in [0.25, 0.3) is 0 Å². The molecule has 12 heavy (non-hydrogen) atoms. The first-order valence-corrected chi connectivity index (χ1v) is 6.17. The third-order valence-electron chi connectivity index (χ3n) is 2.72. The average Bonchev–Trinajstić information content (AvgIpc) is 1.97. The van der Waals surface area contributed by atoms with Crippen LogP contribution in [0.25, 0.3) is 0 Å². The molecule has 0 heterocycles. The Balaban J connectivity index is 2.60. The Bertz CT molecular complexity index is 234. The summed E-state index contributed by atoms with van der Waals surface area (Å²) in [5, 5.41) is 9.03. The molecule has 72 valence electrons. The summed E-state index contributed by atoms with van der Waals surface area (Å²) >= 11 is 0. The smallest absolute Gasteiger partial charge is 0.150 e. The topological polar surface area (TPSA) is 54.4 Å². The molecule has 4 heteroatoms. The molecule has 0 saturated heterocycles. The minimum absolute atomic E-state index is 0.0201. The van der Waals surface area contributed by atoms with Gasteiger partial charge in [0.1, 0.15) is 0 Å². The molecule has 0 spiro atoms. The van der Waals surface area contributed by atoms with E-state index >= 15 is 0 Å². The quantitative estimate of drug-likeness (QED) is 0.709. The van der Waals surface area contributed by atoms with E-state index in [1.165, 1.54) is 0 Å². The number of hydrogen-bond acceptors (Lipinski definition) is 3. The lowest BCUT2D eigenvalue weighted by atomic mass is 9.71. The predicted octanol–water partition coefficient (Wildman–Crippen LogP) is 0.584. The van der Waals surface area contributed by atoms with Crippen molar-refractivity contribution in [1.82, 2.24) is 0 Å². The van der Waals surface area contributed by atoms with Gasteiger partial charge in [-0.15, -0.1) is 0 Å². The lowest BCUT2D eigenvalue weighted by Gasteiger charge is -2.39. The van der Waals surface area contributed by atoms with Crippen LogP contribution >= 0.6 is 0 Å². The molecule has 3 nitrogen and oxygen atoms in total. The molecule has 0 aliphatic heterocycles. The van der Waals surface area contributed by atoms with Crippen molar-refractivity contribution < 1.29 is 13.5 Å². The molecular formula is C8H16O3S. The Morgan fingerprint density at radius 3 is 2.25 bits per heavy atom. The highest BCUT2D eigenvalue weighted by atomic mass is 32.2. The van der Waals surface area contributed by atoms with Crippen molar-refractivity contribution in [2.24, 2.45) is 5.41 Å². The SMILES string of the molecule is CCS(=O)(=O)CC1(CO)CCC1. The Hall–Kier alpha value is -0.0900. The molecule has 0 atom stereocenters. The summed E-state index contributed by atoms with van der Waals surface area (Å²) in [6, 6.07) is 0. The summed E-state index contributed by atoms with van der Waals surface area (Å²) in [5.74, 6) is 0.363. The molecule has 1 N–H and O–H groups in total. The molecule has 0 unspecified atom stereocenters. The van der Waals surface area contributed by atoms with Gasteiger partial charge in [0, 0.05) is 17.8 Å². The number of aliphatic hydroxyl groups excluding tert-OH is 1. The molecular weight excluding hydrogens is 176 g/mol. The monoisotopic (exact) mass is 192 g/mol. The first-order valence-electron chi connectivity index (χ1n) is 4.35. The third-order valence-corrected chi connectivity index (χ3v) is 4.65. The van der Waals surface area contributed by atoms with Crippen molar-refractivity contribution >= 4 is 9.84 Å². The van der Waals surface area contributed by atoms with E-state index in [1.807, 2.05) is 0 Å². The minimum Gasteiger partial charge on any atom is -0.396 e. The molecule has 1 rings (SSSR count). The zero-order valence-corrected chi connectivity index (χ0v) is 8.23. The van der Waals surface area contributed by atoms with Crippen LogP contribution < -0.4 is 0 Å². The summed E-state index contributed by atoms with van der Waals surface area (Å²) in [7, 11) is -2.91. The normalized spacial score (nSPS) is 21.8. The first kappa shape index (κ1) is 9.99. The fraction of sp³-hybridized carbons (Fsp3) is 1.00. The van der Waals surface area contributed by atoms with Crippen molar-refractivity contribution in [2.75, 3.05) is 18.1 Å². The van der Waals surface area contributed by atoms with Crippen molar-refractivity contribution in [3.05, 3.63) is 0 Å². The Labute approximate surface area is 73.7 Å². The molecule has 0 radical (unpaired) electrons. The van der Waals surface area contributed by atoms with Crippen LogP contribution in [0.2, 0.25) is 0 Å². The summed E-state index contributed by atoms with van der Waals surface area (Å²) in [6.45, 7) is 1.67. The van der Waals surface area contributed by atoms with Crippen LogP contribution in [0.4, 0.5) is 0 Å². The lowest BCUT2D eigenvalue weighted by Crippen LogP contribution is -2.40. The summed E-state index contributed by atoms with van der Waals surface area (Å²) in [6.07, 6.45) is 2.78. The van der Waals surface area contributed by atoms with E-state index in [0.29, 0.717) is 0 Å². The highest BCUT2D eigenvalue weighted by Gasteiger charge is 2.39. The molecule has 0 bridgehead atoms. The van der Waals surface area contributed by atoms with E-state index in [-0.39, 0.29) is 23.5 Å². The van der Waals surface area contributed by atoms with Crippen molar-refractivity contribution in [2.45, 2.75) is 26.2 Å². The van der Waals surface area contributed by atoms with Crippen LogP contribution in [0.5, 0.6) is 0 Å². The Kier molecular flexibility index (Phi) is 2.78. The minimum atomic E-state index is -2.91. The van der Waals surface area contributed by atoms with Gasteiger partial charge in [-0.05, 0) is 12.8 Å². The Morgan fingerprint density at radius 2 is 2.00 bits per heavy atom. The van der Waals surface area contributed by atoms with Crippen LogP contribution in [0.15, 0.2) is 0 Å². The largest absolute Gasteiger partial charge is 0.396 e. The fourth-order valence-electron chi connectivity index (χ4n) is 1.59. The second kappa shape index (κ2) is 3.34. The molecule has 1 aliphatic rings. The van der Waals surface area contributed by atoms with E-state index in [1.54, 1.807) is 6.92 Å². The number of hydrogen-bond donors (Lipinski definition) is 1. The van der Waals surface area contributed by atoms with Gasteiger partial charge in [-0.1, -0.05) is 13.3 Å². The van der Waals surface area contributed by atoms with Crippen molar-refractivity contribution in [1.29, 1.82) is 0 Å². The van der Waals surface area contributed by atoms with Gasteiger partial charge < -0.3 is 5.11 Å². The highest BCUT2D eigenvalue weighted by molar-refractivity contribution is 7.91. The van der Waals surface area contributed by atoms with E-state index in [4.69, 9.17) is 5.11 Å². The van der Waals surface area contributed by atoms with Gasteiger partial charge in [-0.2, -0.15) is 0 Å².